The van der Waals surface area contributed by atoms with Gasteiger partial charge in [0.1, 0.15) is 0 Å². The van der Waals surface area contributed by atoms with Crippen molar-refractivity contribution in [1.82, 2.24) is 9.80 Å². The first-order valence-electron chi connectivity index (χ1n) is 8.65. The Bertz CT molecular complexity index is 498. The molecule has 0 radical (unpaired) electrons. The lowest BCUT2D eigenvalue weighted by molar-refractivity contribution is -0.131. The number of carbonyl (C=O) groups excluding carboxylic acids is 1. The second-order valence-corrected chi connectivity index (χ2v) is 6.22. The molecule has 1 aromatic rings. The van der Waals surface area contributed by atoms with Gasteiger partial charge in [-0.15, -0.1) is 0 Å². The molecule has 1 aliphatic heterocycles. The van der Waals surface area contributed by atoms with Crippen LogP contribution in [-0.4, -0.2) is 61.0 Å². The molecule has 1 amide bonds. The Morgan fingerprint density at radius 1 is 1.22 bits per heavy atom. The number of benzene rings is 1. The van der Waals surface area contributed by atoms with Gasteiger partial charge in [-0.1, -0.05) is 13.8 Å². The Kier molecular flexibility index (Phi) is 6.28. The Morgan fingerprint density at radius 2 is 1.87 bits per heavy atom. The largest absolute Gasteiger partial charge is 0.399 e. The van der Waals surface area contributed by atoms with E-state index in [0.29, 0.717) is 6.04 Å². The molecule has 1 fully saturated rings. The first-order valence-corrected chi connectivity index (χ1v) is 8.65. The lowest BCUT2D eigenvalue weighted by atomic mass is 10.2. The van der Waals surface area contributed by atoms with Crippen LogP contribution in [0.3, 0.4) is 0 Å². The number of anilines is 2. The summed E-state index contributed by atoms with van der Waals surface area (Å²) in [6, 6.07) is 8.30. The van der Waals surface area contributed by atoms with Crippen LogP contribution in [0.1, 0.15) is 27.2 Å². The zero-order valence-corrected chi connectivity index (χ0v) is 14.7. The van der Waals surface area contributed by atoms with E-state index in [4.69, 9.17) is 5.73 Å². The third-order valence-electron chi connectivity index (χ3n) is 4.82. The molecule has 1 aromatic carbocycles. The monoisotopic (exact) mass is 318 g/mol. The second-order valence-electron chi connectivity index (χ2n) is 6.22. The van der Waals surface area contributed by atoms with Crippen molar-refractivity contribution in [1.29, 1.82) is 0 Å². The molecular formula is C18H30N4O. The van der Waals surface area contributed by atoms with Gasteiger partial charge in [0.2, 0.25) is 5.91 Å². The lowest BCUT2D eigenvalue weighted by Gasteiger charge is -2.30. The third kappa shape index (κ3) is 4.61. The van der Waals surface area contributed by atoms with E-state index < -0.39 is 0 Å². The fraction of sp³-hybridized carbons (Fsp3) is 0.611. The molecule has 1 aliphatic rings. The van der Waals surface area contributed by atoms with E-state index in [2.05, 4.69) is 40.7 Å². The number of carbonyl (C=O) groups is 1. The summed E-state index contributed by atoms with van der Waals surface area (Å²) < 4.78 is 0. The van der Waals surface area contributed by atoms with Crippen LogP contribution in [0, 0.1) is 0 Å². The number of hydrogen-bond acceptors (Lipinski definition) is 4. The highest BCUT2D eigenvalue weighted by molar-refractivity contribution is 5.74. The maximum Gasteiger partial charge on any atom is 0.219 e. The van der Waals surface area contributed by atoms with Gasteiger partial charge in [0.15, 0.2) is 0 Å². The molecule has 0 bridgehead atoms. The number of likely N-dealkylation sites (N-methyl/N-ethyl adjacent to an activating group) is 1. The number of amides is 1. The van der Waals surface area contributed by atoms with Crippen molar-refractivity contribution < 1.29 is 4.79 Å². The van der Waals surface area contributed by atoms with Gasteiger partial charge in [-0.3, -0.25) is 4.79 Å². The van der Waals surface area contributed by atoms with E-state index in [1.165, 1.54) is 5.69 Å². The molecule has 0 aromatic heterocycles. The fourth-order valence-corrected chi connectivity index (χ4v) is 3.30. The third-order valence-corrected chi connectivity index (χ3v) is 4.82. The number of nitrogen functional groups attached to an aromatic ring is 1. The van der Waals surface area contributed by atoms with Crippen molar-refractivity contribution >= 4 is 17.3 Å². The molecule has 5 nitrogen and oxygen atoms in total. The van der Waals surface area contributed by atoms with Gasteiger partial charge in [-0.25, -0.2) is 0 Å². The second kappa shape index (κ2) is 8.20. The number of nitrogens with two attached hydrogens (primary N) is 1. The van der Waals surface area contributed by atoms with Crippen molar-refractivity contribution in [2.75, 3.05) is 49.9 Å². The van der Waals surface area contributed by atoms with E-state index in [1.54, 1.807) is 6.92 Å². The van der Waals surface area contributed by atoms with Gasteiger partial charge in [0.25, 0.3) is 0 Å². The molecule has 0 spiro atoms. The normalized spacial score (nSPS) is 17.7. The molecule has 1 atom stereocenters. The Hall–Kier alpha value is -1.75. The number of hydrogen-bond donors (Lipinski definition) is 1. The Balaban J connectivity index is 1.96. The number of nitrogens with zero attached hydrogens (tertiary/aromatic N) is 3. The van der Waals surface area contributed by atoms with Gasteiger partial charge >= 0.3 is 0 Å². The summed E-state index contributed by atoms with van der Waals surface area (Å²) in [4.78, 5) is 18.8. The van der Waals surface area contributed by atoms with Crippen molar-refractivity contribution in [3.8, 4) is 0 Å². The van der Waals surface area contributed by atoms with Crippen molar-refractivity contribution in [2.45, 2.75) is 33.2 Å². The Morgan fingerprint density at radius 3 is 2.43 bits per heavy atom. The van der Waals surface area contributed by atoms with E-state index >= 15 is 0 Å². The van der Waals surface area contributed by atoms with E-state index in [1.807, 2.05) is 12.1 Å². The minimum atomic E-state index is 0.182. The molecule has 1 saturated heterocycles. The molecule has 1 heterocycles. The van der Waals surface area contributed by atoms with Crippen molar-refractivity contribution in [3.05, 3.63) is 24.3 Å². The fourth-order valence-electron chi connectivity index (χ4n) is 3.30. The van der Waals surface area contributed by atoms with Gasteiger partial charge in [-0.2, -0.15) is 0 Å². The van der Waals surface area contributed by atoms with Crippen LogP contribution in [0.5, 0.6) is 0 Å². The van der Waals surface area contributed by atoms with E-state index in [0.717, 1.165) is 51.4 Å². The summed E-state index contributed by atoms with van der Waals surface area (Å²) in [7, 11) is 0. The van der Waals surface area contributed by atoms with Crippen LogP contribution in [0.15, 0.2) is 24.3 Å². The predicted octanol–water partition coefficient (Wildman–Crippen LogP) is 2.04. The summed E-state index contributed by atoms with van der Waals surface area (Å²) in [6.07, 6.45) is 1.03. The molecule has 0 aliphatic carbocycles. The van der Waals surface area contributed by atoms with Gasteiger partial charge in [0.05, 0.1) is 6.04 Å². The quantitative estimate of drug-likeness (QED) is 0.782. The van der Waals surface area contributed by atoms with Crippen LogP contribution in [0.25, 0.3) is 0 Å². The molecule has 0 saturated carbocycles. The minimum Gasteiger partial charge on any atom is -0.399 e. The van der Waals surface area contributed by atoms with Crippen LogP contribution >= 0.6 is 0 Å². The summed E-state index contributed by atoms with van der Waals surface area (Å²) in [5.74, 6) is 0.182. The molecule has 128 valence electrons. The van der Waals surface area contributed by atoms with Crippen LogP contribution in [0.2, 0.25) is 0 Å². The van der Waals surface area contributed by atoms with Gasteiger partial charge < -0.3 is 20.4 Å². The lowest BCUT2D eigenvalue weighted by Crippen LogP contribution is -2.45. The highest BCUT2D eigenvalue weighted by Crippen LogP contribution is 2.24. The molecule has 0 unspecified atom stereocenters. The Labute approximate surface area is 140 Å². The number of rotatable bonds is 7. The maximum atomic E-state index is 12.1. The smallest absolute Gasteiger partial charge is 0.219 e. The SMILES string of the molecule is CCN(CC)CCN(C(C)=O)[C@@H]1CCN(c2ccc(N)cc2)C1. The highest BCUT2D eigenvalue weighted by Gasteiger charge is 2.29. The topological polar surface area (TPSA) is 52.8 Å². The molecule has 5 heteroatoms. The molecular weight excluding hydrogens is 288 g/mol. The highest BCUT2D eigenvalue weighted by atomic mass is 16.2. The summed E-state index contributed by atoms with van der Waals surface area (Å²) in [5, 5.41) is 0. The summed E-state index contributed by atoms with van der Waals surface area (Å²) >= 11 is 0. The summed E-state index contributed by atoms with van der Waals surface area (Å²) in [5.41, 5.74) is 7.73. The maximum absolute atomic E-state index is 12.1. The zero-order chi connectivity index (χ0) is 16.8. The van der Waals surface area contributed by atoms with Gasteiger partial charge in [0, 0.05) is 44.5 Å². The standard InChI is InChI=1S/C18H30N4O/c1-4-20(5-2)12-13-22(15(3)23)18-10-11-21(14-18)17-8-6-16(19)7-9-17/h6-9,18H,4-5,10-14,19H2,1-3H3/t18-/m1/s1. The predicted molar refractivity (Wildman–Crippen MR) is 96.6 cm³/mol. The van der Waals surface area contributed by atoms with E-state index in [9.17, 15) is 4.79 Å². The first kappa shape index (κ1) is 17.6. The van der Waals surface area contributed by atoms with Crippen LogP contribution in [0.4, 0.5) is 11.4 Å². The average molecular weight is 318 g/mol. The molecule has 23 heavy (non-hydrogen) atoms. The van der Waals surface area contributed by atoms with Gasteiger partial charge in [-0.05, 0) is 43.8 Å². The van der Waals surface area contributed by atoms with Crippen LogP contribution in [-0.2, 0) is 4.79 Å². The van der Waals surface area contributed by atoms with Crippen LogP contribution < -0.4 is 10.6 Å². The molecule has 2 N–H and O–H groups in total. The zero-order valence-electron chi connectivity index (χ0n) is 14.7. The first-order chi connectivity index (χ1) is 11.0. The van der Waals surface area contributed by atoms with E-state index in [-0.39, 0.29) is 5.91 Å². The average Bonchev–Trinajstić information content (AvgIpc) is 3.01. The molecule has 2 rings (SSSR count). The minimum absolute atomic E-state index is 0.182. The van der Waals surface area contributed by atoms with Crippen molar-refractivity contribution in [2.24, 2.45) is 0 Å². The van der Waals surface area contributed by atoms with Crippen molar-refractivity contribution in [3.63, 3.8) is 0 Å². The summed E-state index contributed by atoms with van der Waals surface area (Å²) in [6.45, 7) is 11.7.